The van der Waals surface area contributed by atoms with Gasteiger partial charge < -0.3 is 20.3 Å². The molecule has 0 atom stereocenters. The molecule has 0 bridgehead atoms. The molecule has 0 aromatic heterocycles. The number of aryl methyl sites for hydroxylation is 1. The van der Waals surface area contributed by atoms with Crippen molar-refractivity contribution in [2.45, 2.75) is 39.0 Å². The monoisotopic (exact) mass is 480 g/mol. The van der Waals surface area contributed by atoms with Crippen LogP contribution in [0.2, 0.25) is 0 Å². The van der Waals surface area contributed by atoms with Crippen LogP contribution < -0.4 is 15.5 Å². The number of rotatable bonds is 12. The van der Waals surface area contributed by atoms with Gasteiger partial charge in [-0.2, -0.15) is 0 Å². The summed E-state index contributed by atoms with van der Waals surface area (Å²) in [5.74, 6) is -0.329. The number of nitrogens with one attached hydrogen (secondary N) is 2. The molecule has 0 aliphatic carbocycles. The Kier molecular flexibility index (Phi) is 10.6. The number of unbranched alkanes of at least 4 members (excludes halogenated alkanes) is 3. The van der Waals surface area contributed by atoms with Gasteiger partial charge in [0.25, 0.3) is 11.8 Å². The van der Waals surface area contributed by atoms with Gasteiger partial charge in [-0.25, -0.2) is 0 Å². The third-order valence-electron chi connectivity index (χ3n) is 6.33. The number of carbonyl (C=O) groups is 2. The van der Waals surface area contributed by atoms with Gasteiger partial charge in [-0.1, -0.05) is 38.3 Å². The minimum absolute atomic E-state index is 0.148. The molecule has 35 heavy (non-hydrogen) atoms. The van der Waals surface area contributed by atoms with Gasteiger partial charge in [0.05, 0.1) is 18.8 Å². The predicted octanol–water partition coefficient (Wildman–Crippen LogP) is 4.19. The van der Waals surface area contributed by atoms with Crippen LogP contribution in [0.4, 0.5) is 11.4 Å². The van der Waals surface area contributed by atoms with Gasteiger partial charge in [0.15, 0.2) is 0 Å². The first-order valence-corrected chi connectivity index (χ1v) is 12.8. The third-order valence-corrected chi connectivity index (χ3v) is 6.33. The van der Waals surface area contributed by atoms with E-state index in [-0.39, 0.29) is 11.8 Å². The van der Waals surface area contributed by atoms with Gasteiger partial charge in [0.1, 0.15) is 0 Å². The minimum atomic E-state index is -0.182. The van der Waals surface area contributed by atoms with Crippen molar-refractivity contribution in [3.05, 3.63) is 59.2 Å². The average molecular weight is 481 g/mol. The lowest BCUT2D eigenvalue weighted by Crippen LogP contribution is -2.41. The highest BCUT2D eigenvalue weighted by Crippen LogP contribution is 2.23. The molecular weight excluding hydrogens is 440 g/mol. The normalized spacial score (nSPS) is 13.9. The molecule has 3 rings (SSSR count). The molecule has 1 aliphatic heterocycles. The molecule has 2 aromatic rings. The Labute approximate surface area is 209 Å². The lowest BCUT2D eigenvalue weighted by atomic mass is 10.0. The summed E-state index contributed by atoms with van der Waals surface area (Å²) in [5, 5.41) is 5.97. The lowest BCUT2D eigenvalue weighted by molar-refractivity contribution is 0.0383. The first-order chi connectivity index (χ1) is 17.0. The van der Waals surface area contributed by atoms with Crippen LogP contribution >= 0.6 is 0 Å². The summed E-state index contributed by atoms with van der Waals surface area (Å²) >= 11 is 0. The quantitative estimate of drug-likeness (QED) is 0.446. The van der Waals surface area contributed by atoms with Crippen LogP contribution in [-0.2, 0) is 11.2 Å². The SMILES string of the molecule is CCCCCCc1ccc(C(=O)Nc2ccc(N(C)C)c(C(=O)NCCN3CCOCC3)c2)cc1. The van der Waals surface area contributed by atoms with Crippen LogP contribution in [0.25, 0.3) is 0 Å². The fraction of sp³-hybridized carbons (Fsp3) is 0.500. The molecule has 1 aliphatic rings. The van der Waals surface area contributed by atoms with Gasteiger partial charge >= 0.3 is 0 Å². The zero-order valence-electron chi connectivity index (χ0n) is 21.4. The number of carbonyl (C=O) groups excluding carboxylic acids is 2. The maximum absolute atomic E-state index is 13.0. The second kappa shape index (κ2) is 13.9. The Morgan fingerprint density at radius 1 is 0.971 bits per heavy atom. The molecule has 2 N–H and O–H groups in total. The zero-order valence-corrected chi connectivity index (χ0v) is 21.4. The van der Waals surface area contributed by atoms with Crippen LogP contribution in [0.5, 0.6) is 0 Å². The number of amides is 2. The fourth-order valence-electron chi connectivity index (χ4n) is 4.22. The molecule has 1 saturated heterocycles. The van der Waals surface area contributed by atoms with E-state index < -0.39 is 0 Å². The van der Waals surface area contributed by atoms with E-state index in [2.05, 4.69) is 22.5 Å². The van der Waals surface area contributed by atoms with E-state index in [1.165, 1.54) is 31.2 Å². The third kappa shape index (κ3) is 8.37. The molecule has 7 heteroatoms. The number of anilines is 2. The van der Waals surface area contributed by atoms with Crippen LogP contribution in [0, 0.1) is 0 Å². The number of ether oxygens (including phenoxy) is 1. The van der Waals surface area contributed by atoms with Crippen LogP contribution in [0.3, 0.4) is 0 Å². The second-order valence-corrected chi connectivity index (χ2v) is 9.30. The number of hydrogen-bond acceptors (Lipinski definition) is 5. The Bertz CT molecular complexity index is 953. The number of hydrogen-bond donors (Lipinski definition) is 2. The Hall–Kier alpha value is -2.90. The second-order valence-electron chi connectivity index (χ2n) is 9.30. The number of nitrogens with zero attached hydrogens (tertiary/aromatic N) is 2. The topological polar surface area (TPSA) is 73.9 Å². The highest BCUT2D eigenvalue weighted by molar-refractivity contribution is 6.06. The lowest BCUT2D eigenvalue weighted by Gasteiger charge is -2.26. The van der Waals surface area contributed by atoms with Crippen LogP contribution in [0.15, 0.2) is 42.5 Å². The van der Waals surface area contributed by atoms with Crippen molar-refractivity contribution >= 4 is 23.2 Å². The molecule has 1 heterocycles. The first kappa shape index (κ1) is 26.7. The van der Waals surface area contributed by atoms with E-state index in [1.54, 1.807) is 6.07 Å². The van der Waals surface area contributed by atoms with Gasteiger partial charge in [0.2, 0.25) is 0 Å². The molecule has 0 spiro atoms. The van der Waals surface area contributed by atoms with E-state index in [9.17, 15) is 9.59 Å². The molecule has 2 aromatic carbocycles. The highest BCUT2D eigenvalue weighted by Gasteiger charge is 2.16. The Morgan fingerprint density at radius 3 is 2.40 bits per heavy atom. The maximum atomic E-state index is 13.0. The van der Waals surface area contributed by atoms with E-state index in [0.717, 1.165) is 45.0 Å². The van der Waals surface area contributed by atoms with E-state index in [4.69, 9.17) is 4.74 Å². The number of morpholine rings is 1. The van der Waals surface area contributed by atoms with Crippen molar-refractivity contribution in [1.29, 1.82) is 0 Å². The van der Waals surface area contributed by atoms with Crippen molar-refractivity contribution in [3.63, 3.8) is 0 Å². The first-order valence-electron chi connectivity index (χ1n) is 12.8. The van der Waals surface area contributed by atoms with Gasteiger partial charge in [0, 0.05) is 57.2 Å². The maximum Gasteiger partial charge on any atom is 0.255 e. The van der Waals surface area contributed by atoms with E-state index in [1.807, 2.05) is 55.4 Å². The fourth-order valence-corrected chi connectivity index (χ4v) is 4.22. The van der Waals surface area contributed by atoms with Crippen molar-refractivity contribution in [2.75, 3.05) is 63.7 Å². The summed E-state index contributed by atoms with van der Waals surface area (Å²) in [4.78, 5) is 30.0. The van der Waals surface area contributed by atoms with Crippen molar-refractivity contribution in [3.8, 4) is 0 Å². The molecule has 2 amide bonds. The summed E-state index contributed by atoms with van der Waals surface area (Å²) in [5.41, 5.74) is 3.80. The summed E-state index contributed by atoms with van der Waals surface area (Å²) in [6.45, 7) is 6.82. The minimum Gasteiger partial charge on any atom is -0.379 e. The Morgan fingerprint density at radius 2 is 1.71 bits per heavy atom. The van der Waals surface area contributed by atoms with Crippen LogP contribution in [0.1, 0.15) is 58.9 Å². The summed E-state index contributed by atoms with van der Waals surface area (Å²) < 4.78 is 5.38. The molecule has 190 valence electrons. The standard InChI is InChI=1S/C28H40N4O3/c1-4-5-6-7-8-22-9-11-23(12-10-22)27(33)30-24-13-14-26(31(2)3)25(21-24)28(34)29-15-16-32-17-19-35-20-18-32/h9-14,21H,4-8,15-20H2,1-3H3,(H,29,34)(H,30,33). The Balaban J connectivity index is 1.60. The van der Waals surface area contributed by atoms with E-state index >= 15 is 0 Å². The molecule has 0 radical (unpaired) electrons. The van der Waals surface area contributed by atoms with Gasteiger partial charge in [-0.3, -0.25) is 14.5 Å². The van der Waals surface area contributed by atoms with Crippen molar-refractivity contribution in [2.24, 2.45) is 0 Å². The summed E-state index contributed by atoms with van der Waals surface area (Å²) in [7, 11) is 3.81. The largest absolute Gasteiger partial charge is 0.379 e. The highest BCUT2D eigenvalue weighted by atomic mass is 16.5. The molecule has 7 nitrogen and oxygen atoms in total. The van der Waals surface area contributed by atoms with Gasteiger partial charge in [-0.15, -0.1) is 0 Å². The molecule has 0 saturated carbocycles. The van der Waals surface area contributed by atoms with Crippen molar-refractivity contribution < 1.29 is 14.3 Å². The molecular formula is C28H40N4O3. The molecule has 0 unspecified atom stereocenters. The number of benzene rings is 2. The smallest absolute Gasteiger partial charge is 0.255 e. The average Bonchev–Trinajstić information content (AvgIpc) is 2.87. The predicted molar refractivity (Wildman–Crippen MR) is 143 cm³/mol. The summed E-state index contributed by atoms with van der Waals surface area (Å²) in [6.07, 6.45) is 5.95. The van der Waals surface area contributed by atoms with Crippen LogP contribution in [-0.4, -0.2) is 70.2 Å². The zero-order chi connectivity index (χ0) is 25.0. The van der Waals surface area contributed by atoms with Gasteiger partial charge in [-0.05, 0) is 48.7 Å². The van der Waals surface area contributed by atoms with E-state index in [0.29, 0.717) is 23.4 Å². The molecule has 1 fully saturated rings. The summed E-state index contributed by atoms with van der Waals surface area (Å²) in [6, 6.07) is 13.3. The van der Waals surface area contributed by atoms with Crippen molar-refractivity contribution in [1.82, 2.24) is 10.2 Å².